The highest BCUT2D eigenvalue weighted by atomic mass is 16.3. The van der Waals surface area contributed by atoms with E-state index < -0.39 is 0 Å². The summed E-state index contributed by atoms with van der Waals surface area (Å²) in [7, 11) is 2.18. The summed E-state index contributed by atoms with van der Waals surface area (Å²) in [5.74, 6) is 1.77. The van der Waals surface area contributed by atoms with Crippen LogP contribution in [-0.2, 0) is 5.41 Å². The van der Waals surface area contributed by atoms with Gasteiger partial charge in [-0.25, -0.2) is 0 Å². The van der Waals surface area contributed by atoms with Crippen molar-refractivity contribution in [2.75, 3.05) is 26.7 Å². The Morgan fingerprint density at radius 3 is 2.50 bits per heavy atom. The molecule has 4 heteroatoms. The number of likely N-dealkylation sites (N-methyl/N-ethyl adjacent to an activating group) is 1. The molecule has 1 atom stereocenters. The van der Waals surface area contributed by atoms with Gasteiger partial charge in [-0.2, -0.15) is 0 Å². The van der Waals surface area contributed by atoms with E-state index in [2.05, 4.69) is 32.7 Å². The van der Waals surface area contributed by atoms with Crippen LogP contribution < -0.4 is 0 Å². The predicted molar refractivity (Wildman–Crippen MR) is 87.3 cm³/mol. The van der Waals surface area contributed by atoms with Gasteiger partial charge in [-0.3, -0.25) is 9.69 Å². The Morgan fingerprint density at radius 1 is 1.27 bits per heavy atom. The maximum absolute atomic E-state index is 12.9. The third kappa shape index (κ3) is 2.47. The number of carbonyl (C=O) groups excluding carboxylic acids is 1. The fourth-order valence-corrected chi connectivity index (χ4v) is 3.69. The van der Waals surface area contributed by atoms with Gasteiger partial charge in [0.05, 0.1) is 5.56 Å². The molecule has 1 unspecified atom stereocenters. The van der Waals surface area contributed by atoms with E-state index in [1.807, 2.05) is 17.9 Å². The summed E-state index contributed by atoms with van der Waals surface area (Å²) in [5.41, 5.74) is 0.905. The Hall–Kier alpha value is -1.29. The first-order chi connectivity index (χ1) is 10.2. The molecule has 0 saturated carbocycles. The molecule has 1 spiro atoms. The number of furan rings is 1. The van der Waals surface area contributed by atoms with Crippen molar-refractivity contribution in [1.29, 1.82) is 0 Å². The molecule has 2 saturated heterocycles. The first-order valence-corrected chi connectivity index (χ1v) is 8.34. The molecule has 1 aromatic rings. The number of piperidine rings is 1. The van der Waals surface area contributed by atoms with Gasteiger partial charge in [0.1, 0.15) is 11.5 Å². The summed E-state index contributed by atoms with van der Waals surface area (Å²) in [6, 6.07) is 1.95. The zero-order chi connectivity index (χ0) is 16.1. The van der Waals surface area contributed by atoms with E-state index in [1.54, 1.807) is 0 Å². The number of nitrogens with zero attached hydrogens (tertiary/aromatic N) is 2. The van der Waals surface area contributed by atoms with Crippen LogP contribution in [0.15, 0.2) is 10.5 Å². The maximum Gasteiger partial charge on any atom is 0.257 e. The average molecular weight is 304 g/mol. The number of hydrogen-bond donors (Lipinski definition) is 0. The van der Waals surface area contributed by atoms with Crippen LogP contribution in [0.25, 0.3) is 0 Å². The quantitative estimate of drug-likeness (QED) is 0.799. The van der Waals surface area contributed by atoms with Gasteiger partial charge >= 0.3 is 0 Å². The zero-order valence-corrected chi connectivity index (χ0v) is 14.5. The molecule has 0 aromatic carbocycles. The summed E-state index contributed by atoms with van der Waals surface area (Å²) in [6.45, 7) is 11.1. The van der Waals surface area contributed by atoms with Crippen molar-refractivity contribution in [3.05, 3.63) is 23.2 Å². The minimum Gasteiger partial charge on any atom is -0.465 e. The van der Waals surface area contributed by atoms with Gasteiger partial charge in [0, 0.05) is 30.6 Å². The smallest absolute Gasteiger partial charge is 0.257 e. The van der Waals surface area contributed by atoms with Gasteiger partial charge in [0.2, 0.25) is 0 Å². The maximum atomic E-state index is 12.9. The number of rotatable bonds is 1. The highest BCUT2D eigenvalue weighted by Crippen LogP contribution is 2.38. The van der Waals surface area contributed by atoms with Gasteiger partial charge in [0.25, 0.3) is 5.91 Å². The monoisotopic (exact) mass is 304 g/mol. The molecular weight excluding hydrogens is 276 g/mol. The van der Waals surface area contributed by atoms with Crippen molar-refractivity contribution in [3.8, 4) is 0 Å². The summed E-state index contributed by atoms with van der Waals surface area (Å²) in [5, 5.41) is 0. The average Bonchev–Trinajstić information content (AvgIpc) is 2.87. The van der Waals surface area contributed by atoms with Gasteiger partial charge in [-0.15, -0.1) is 0 Å². The summed E-state index contributed by atoms with van der Waals surface area (Å²) in [6.07, 6.45) is 3.52. The molecule has 122 valence electrons. The predicted octanol–water partition coefficient (Wildman–Crippen LogP) is 3.20. The molecule has 0 N–H and O–H groups in total. The third-order valence-corrected chi connectivity index (χ3v) is 5.45. The third-order valence-electron chi connectivity index (χ3n) is 5.45. The molecule has 2 aliphatic heterocycles. The van der Waals surface area contributed by atoms with Crippen molar-refractivity contribution in [2.24, 2.45) is 0 Å². The van der Waals surface area contributed by atoms with Crippen LogP contribution in [0.5, 0.6) is 0 Å². The molecule has 3 heterocycles. The van der Waals surface area contributed by atoms with Crippen molar-refractivity contribution in [2.45, 2.75) is 57.9 Å². The molecule has 1 aromatic heterocycles. The van der Waals surface area contributed by atoms with Crippen molar-refractivity contribution >= 4 is 5.91 Å². The number of amides is 1. The Bertz CT molecular complexity index is 584. The van der Waals surface area contributed by atoms with E-state index >= 15 is 0 Å². The summed E-state index contributed by atoms with van der Waals surface area (Å²) >= 11 is 0. The van der Waals surface area contributed by atoms with Gasteiger partial charge in [-0.05, 0) is 39.3 Å². The van der Waals surface area contributed by atoms with Crippen LogP contribution in [0.4, 0.5) is 0 Å². The van der Waals surface area contributed by atoms with E-state index in [0.29, 0.717) is 0 Å². The van der Waals surface area contributed by atoms with E-state index in [-0.39, 0.29) is 16.9 Å². The van der Waals surface area contributed by atoms with Crippen LogP contribution in [0.3, 0.4) is 0 Å². The number of likely N-dealkylation sites (tertiary alicyclic amines) is 2. The first kappa shape index (κ1) is 15.6. The second kappa shape index (κ2) is 5.12. The Labute approximate surface area is 133 Å². The number of hydrogen-bond acceptors (Lipinski definition) is 3. The van der Waals surface area contributed by atoms with Crippen LogP contribution in [0.1, 0.15) is 61.9 Å². The normalized spacial score (nSPS) is 26.3. The molecule has 1 amide bonds. The second-order valence-corrected chi connectivity index (χ2v) is 8.06. The van der Waals surface area contributed by atoms with Gasteiger partial charge in [0.15, 0.2) is 0 Å². The number of carbonyl (C=O) groups is 1. The van der Waals surface area contributed by atoms with Crippen molar-refractivity contribution in [1.82, 2.24) is 9.80 Å². The van der Waals surface area contributed by atoms with E-state index in [1.165, 1.54) is 12.8 Å². The highest BCUT2D eigenvalue weighted by Gasteiger charge is 2.46. The lowest BCUT2D eigenvalue weighted by atomic mass is 9.78. The lowest BCUT2D eigenvalue weighted by Gasteiger charge is -2.55. The lowest BCUT2D eigenvalue weighted by Crippen LogP contribution is -2.66. The largest absolute Gasteiger partial charge is 0.465 e. The molecular formula is C18H28N2O2. The minimum absolute atomic E-state index is 0.0688. The van der Waals surface area contributed by atoms with Crippen molar-refractivity contribution < 1.29 is 9.21 Å². The fraction of sp³-hybridized carbons (Fsp3) is 0.722. The molecule has 0 radical (unpaired) electrons. The summed E-state index contributed by atoms with van der Waals surface area (Å²) in [4.78, 5) is 17.4. The number of aryl methyl sites for hydroxylation is 1. The molecule has 3 rings (SSSR count). The topological polar surface area (TPSA) is 36.7 Å². The second-order valence-electron chi connectivity index (χ2n) is 8.06. The molecule has 0 bridgehead atoms. The minimum atomic E-state index is -0.0688. The Kier molecular flexibility index (Phi) is 3.63. The molecule has 22 heavy (non-hydrogen) atoms. The summed E-state index contributed by atoms with van der Waals surface area (Å²) < 4.78 is 5.85. The van der Waals surface area contributed by atoms with Crippen LogP contribution in [0, 0.1) is 6.92 Å². The molecule has 2 fully saturated rings. The highest BCUT2D eigenvalue weighted by molar-refractivity contribution is 5.95. The molecule has 2 aliphatic rings. The van der Waals surface area contributed by atoms with E-state index in [4.69, 9.17) is 4.42 Å². The van der Waals surface area contributed by atoms with Gasteiger partial charge in [-0.1, -0.05) is 20.8 Å². The zero-order valence-electron chi connectivity index (χ0n) is 14.5. The van der Waals surface area contributed by atoms with E-state index in [9.17, 15) is 4.79 Å². The lowest BCUT2D eigenvalue weighted by molar-refractivity contribution is -0.0409. The first-order valence-electron chi connectivity index (χ1n) is 8.34. The van der Waals surface area contributed by atoms with Crippen LogP contribution in [0.2, 0.25) is 0 Å². The standard InChI is InChI=1S/C18H28N2O2/c1-13-14(11-15(22-13)17(2,3)4)16(21)20-9-6-7-18(12-20)8-10-19(18)5/h11H,6-10,12H2,1-5H3. The molecule has 4 nitrogen and oxygen atoms in total. The SMILES string of the molecule is Cc1oc(C(C)(C)C)cc1C(=O)N1CCCC2(CCN2C)C1. The van der Waals surface area contributed by atoms with E-state index in [0.717, 1.165) is 43.1 Å². The fourth-order valence-electron chi connectivity index (χ4n) is 3.69. The molecule has 0 aliphatic carbocycles. The van der Waals surface area contributed by atoms with Crippen LogP contribution in [-0.4, -0.2) is 47.9 Å². The Balaban J connectivity index is 1.81. The Morgan fingerprint density at radius 2 is 2.00 bits per heavy atom. The van der Waals surface area contributed by atoms with Gasteiger partial charge < -0.3 is 9.32 Å². The van der Waals surface area contributed by atoms with Crippen LogP contribution >= 0.6 is 0 Å². The van der Waals surface area contributed by atoms with Crippen molar-refractivity contribution in [3.63, 3.8) is 0 Å².